The Hall–Kier alpha value is -2.00. The third-order valence-corrected chi connectivity index (χ3v) is 3.74. The van der Waals surface area contributed by atoms with Crippen molar-refractivity contribution < 1.29 is 4.39 Å². The highest BCUT2D eigenvalue weighted by molar-refractivity contribution is 6.34. The third-order valence-electron chi connectivity index (χ3n) is 3.45. The van der Waals surface area contributed by atoms with Crippen LogP contribution < -0.4 is 0 Å². The van der Waals surface area contributed by atoms with E-state index in [9.17, 15) is 4.39 Å². The summed E-state index contributed by atoms with van der Waals surface area (Å²) in [6.45, 7) is 4.28. The van der Waals surface area contributed by atoms with Gasteiger partial charge in [-0.2, -0.15) is 0 Å². The van der Waals surface area contributed by atoms with E-state index in [4.69, 9.17) is 11.6 Å². The van der Waals surface area contributed by atoms with Crippen LogP contribution >= 0.6 is 11.6 Å². The van der Waals surface area contributed by atoms with Crippen molar-refractivity contribution in [2.75, 3.05) is 0 Å². The zero-order chi connectivity index (χ0) is 15.0. The molecule has 0 radical (unpaired) electrons. The molecule has 2 aromatic carbocycles. The molecule has 0 unspecified atom stereocenters. The monoisotopic (exact) mass is 300 g/mol. The van der Waals surface area contributed by atoms with Crippen molar-refractivity contribution in [2.24, 2.45) is 0 Å². The third kappa shape index (κ3) is 2.74. The van der Waals surface area contributed by atoms with Gasteiger partial charge in [0.2, 0.25) is 0 Å². The molecule has 0 aliphatic rings. The molecule has 0 saturated carbocycles. The van der Waals surface area contributed by atoms with Crippen molar-refractivity contribution >= 4 is 22.5 Å². The van der Waals surface area contributed by atoms with E-state index in [2.05, 4.69) is 23.8 Å². The first-order chi connectivity index (χ1) is 10.0. The average Bonchev–Trinajstić information content (AvgIpc) is 2.46. The Morgan fingerprint density at radius 2 is 1.71 bits per heavy atom. The second-order valence-corrected chi connectivity index (χ2v) is 5.63. The zero-order valence-electron chi connectivity index (χ0n) is 11.8. The minimum atomic E-state index is -0.335. The second kappa shape index (κ2) is 5.41. The van der Waals surface area contributed by atoms with E-state index in [1.54, 1.807) is 6.07 Å². The van der Waals surface area contributed by atoms with Crippen LogP contribution in [0.1, 0.15) is 25.3 Å². The number of halogens is 2. The Labute approximate surface area is 127 Å². The smallest absolute Gasteiger partial charge is 0.161 e. The van der Waals surface area contributed by atoms with Crippen LogP contribution in [0.5, 0.6) is 0 Å². The Morgan fingerprint density at radius 3 is 2.38 bits per heavy atom. The molecule has 106 valence electrons. The summed E-state index contributed by atoms with van der Waals surface area (Å²) in [5, 5.41) is 0.989. The summed E-state index contributed by atoms with van der Waals surface area (Å²) in [7, 11) is 0. The van der Waals surface area contributed by atoms with Crippen molar-refractivity contribution in [2.45, 2.75) is 19.8 Å². The number of aromatic nitrogens is 2. The molecule has 0 spiro atoms. The number of benzene rings is 2. The van der Waals surface area contributed by atoms with E-state index in [-0.39, 0.29) is 5.82 Å². The summed E-state index contributed by atoms with van der Waals surface area (Å²) in [6.07, 6.45) is 0. The van der Waals surface area contributed by atoms with Gasteiger partial charge in [0.15, 0.2) is 5.82 Å². The molecule has 21 heavy (non-hydrogen) atoms. The van der Waals surface area contributed by atoms with E-state index in [1.807, 2.05) is 24.3 Å². The molecule has 1 aromatic heterocycles. The molecule has 0 amide bonds. The van der Waals surface area contributed by atoms with Gasteiger partial charge >= 0.3 is 0 Å². The molecule has 0 fully saturated rings. The fraction of sp³-hybridized carbons (Fsp3) is 0.176. The van der Waals surface area contributed by atoms with Crippen LogP contribution in [0, 0.1) is 5.82 Å². The lowest BCUT2D eigenvalue weighted by Crippen LogP contribution is -1.93. The summed E-state index contributed by atoms with van der Waals surface area (Å²) in [6, 6.07) is 12.3. The molecule has 0 N–H and O–H groups in total. The molecule has 0 saturated heterocycles. The highest BCUT2D eigenvalue weighted by atomic mass is 35.5. The molecule has 2 nitrogen and oxygen atoms in total. The molecule has 0 aliphatic heterocycles. The summed E-state index contributed by atoms with van der Waals surface area (Å²) >= 11 is 6.17. The predicted octanol–water partition coefficient (Wildman–Crippen LogP) is 5.21. The van der Waals surface area contributed by atoms with Crippen LogP contribution in [0.4, 0.5) is 4.39 Å². The van der Waals surface area contributed by atoms with Crippen molar-refractivity contribution in [3.05, 3.63) is 59.0 Å². The Morgan fingerprint density at radius 1 is 1.00 bits per heavy atom. The SMILES string of the molecule is CC(C)c1ccc(-c2nc(Cl)c3ccc(F)cc3n2)cc1. The second-order valence-electron chi connectivity index (χ2n) is 5.28. The Bertz CT molecular complexity index is 798. The van der Waals surface area contributed by atoms with Crippen molar-refractivity contribution in [3.63, 3.8) is 0 Å². The fourth-order valence-electron chi connectivity index (χ4n) is 2.21. The molecule has 4 heteroatoms. The van der Waals surface area contributed by atoms with Crippen LogP contribution in [-0.4, -0.2) is 9.97 Å². The van der Waals surface area contributed by atoms with Gasteiger partial charge in [0.25, 0.3) is 0 Å². The topological polar surface area (TPSA) is 25.8 Å². The van der Waals surface area contributed by atoms with Gasteiger partial charge in [0.05, 0.1) is 5.52 Å². The quantitative estimate of drug-likeness (QED) is 0.607. The Kier molecular flexibility index (Phi) is 3.60. The normalized spacial score (nSPS) is 11.3. The summed E-state index contributed by atoms with van der Waals surface area (Å²) in [4.78, 5) is 8.71. The van der Waals surface area contributed by atoms with Gasteiger partial charge in [-0.1, -0.05) is 49.7 Å². The zero-order valence-corrected chi connectivity index (χ0v) is 12.5. The van der Waals surface area contributed by atoms with E-state index in [1.165, 1.54) is 17.7 Å². The van der Waals surface area contributed by atoms with Gasteiger partial charge in [-0.05, 0) is 23.6 Å². The van der Waals surface area contributed by atoms with Gasteiger partial charge in [0.1, 0.15) is 11.0 Å². The maximum Gasteiger partial charge on any atom is 0.161 e. The molecule has 3 rings (SSSR count). The molecule has 3 aromatic rings. The standard InChI is InChI=1S/C17H14ClFN2/c1-10(2)11-3-5-12(6-4-11)17-20-15-9-13(19)7-8-14(15)16(18)21-17/h3-10H,1-2H3. The van der Waals surface area contributed by atoms with Crippen LogP contribution in [-0.2, 0) is 0 Å². The number of hydrogen-bond acceptors (Lipinski definition) is 2. The van der Waals surface area contributed by atoms with Crippen molar-refractivity contribution in [3.8, 4) is 11.4 Å². The van der Waals surface area contributed by atoms with Gasteiger partial charge in [-0.3, -0.25) is 0 Å². The average molecular weight is 301 g/mol. The number of hydrogen-bond donors (Lipinski definition) is 0. The lowest BCUT2D eigenvalue weighted by Gasteiger charge is -2.07. The Balaban J connectivity index is 2.11. The number of nitrogens with zero attached hydrogens (tertiary/aromatic N) is 2. The first kappa shape index (κ1) is 14.0. The summed E-state index contributed by atoms with van der Waals surface area (Å²) in [5.74, 6) is 0.640. The van der Waals surface area contributed by atoms with E-state index in [0.717, 1.165) is 5.56 Å². The van der Waals surface area contributed by atoms with E-state index in [0.29, 0.717) is 27.8 Å². The number of rotatable bonds is 2. The highest BCUT2D eigenvalue weighted by Crippen LogP contribution is 2.26. The predicted molar refractivity (Wildman–Crippen MR) is 84.0 cm³/mol. The van der Waals surface area contributed by atoms with Gasteiger partial charge < -0.3 is 0 Å². The highest BCUT2D eigenvalue weighted by Gasteiger charge is 2.09. The maximum atomic E-state index is 13.3. The lowest BCUT2D eigenvalue weighted by atomic mass is 10.0. The minimum absolute atomic E-state index is 0.335. The summed E-state index contributed by atoms with van der Waals surface area (Å²) < 4.78 is 13.3. The van der Waals surface area contributed by atoms with Gasteiger partial charge in [-0.15, -0.1) is 0 Å². The molecule has 1 heterocycles. The van der Waals surface area contributed by atoms with Crippen LogP contribution in [0.3, 0.4) is 0 Å². The van der Waals surface area contributed by atoms with Crippen molar-refractivity contribution in [1.82, 2.24) is 9.97 Å². The minimum Gasteiger partial charge on any atom is -0.228 e. The molecular formula is C17H14ClFN2. The van der Waals surface area contributed by atoms with E-state index < -0.39 is 0 Å². The first-order valence-corrected chi connectivity index (χ1v) is 7.15. The summed E-state index contributed by atoms with van der Waals surface area (Å²) in [5.41, 5.74) is 2.63. The largest absolute Gasteiger partial charge is 0.228 e. The fourth-order valence-corrected chi connectivity index (χ4v) is 2.45. The molecule has 0 aliphatic carbocycles. The first-order valence-electron chi connectivity index (χ1n) is 6.78. The van der Waals surface area contributed by atoms with Gasteiger partial charge in [0, 0.05) is 17.0 Å². The molecule has 0 bridgehead atoms. The van der Waals surface area contributed by atoms with Crippen LogP contribution in [0.25, 0.3) is 22.3 Å². The van der Waals surface area contributed by atoms with Crippen LogP contribution in [0.2, 0.25) is 5.15 Å². The van der Waals surface area contributed by atoms with E-state index >= 15 is 0 Å². The molecular weight excluding hydrogens is 287 g/mol. The lowest BCUT2D eigenvalue weighted by molar-refractivity contribution is 0.629. The van der Waals surface area contributed by atoms with Crippen molar-refractivity contribution in [1.29, 1.82) is 0 Å². The van der Waals surface area contributed by atoms with Crippen LogP contribution in [0.15, 0.2) is 42.5 Å². The maximum absolute atomic E-state index is 13.3. The molecule has 0 atom stereocenters. The number of fused-ring (bicyclic) bond motifs is 1. The van der Waals surface area contributed by atoms with Gasteiger partial charge in [-0.25, -0.2) is 14.4 Å².